The zero-order valence-corrected chi connectivity index (χ0v) is 13.3. The van der Waals surface area contributed by atoms with Crippen molar-refractivity contribution in [3.05, 3.63) is 40.4 Å². The van der Waals surface area contributed by atoms with Crippen molar-refractivity contribution in [1.29, 1.82) is 0 Å². The third kappa shape index (κ3) is 1.78. The number of allylic oxidation sites excluding steroid dienone is 2. The molecule has 0 N–H and O–H groups in total. The van der Waals surface area contributed by atoms with Gasteiger partial charge in [0.25, 0.3) is 0 Å². The van der Waals surface area contributed by atoms with Crippen molar-refractivity contribution in [3.63, 3.8) is 0 Å². The molecule has 1 saturated carbocycles. The average molecular weight is 346 g/mol. The van der Waals surface area contributed by atoms with Crippen LogP contribution in [-0.2, 0) is 9.59 Å². The van der Waals surface area contributed by atoms with Gasteiger partial charge in [0.2, 0.25) is 11.8 Å². The Morgan fingerprint density at radius 2 is 1.62 bits per heavy atom. The average Bonchev–Trinajstić information content (AvgIpc) is 2.78. The highest BCUT2D eigenvalue weighted by molar-refractivity contribution is 9.10. The van der Waals surface area contributed by atoms with E-state index in [2.05, 4.69) is 28.1 Å². The minimum absolute atomic E-state index is 0.0141. The van der Waals surface area contributed by atoms with Crippen molar-refractivity contribution in [1.82, 2.24) is 0 Å². The topological polar surface area (TPSA) is 37.4 Å². The summed E-state index contributed by atoms with van der Waals surface area (Å²) < 4.78 is 0.927. The largest absolute Gasteiger partial charge is 0.274 e. The van der Waals surface area contributed by atoms with Gasteiger partial charge in [-0.15, -0.1) is 0 Å². The second-order valence-electron chi connectivity index (χ2n) is 6.29. The number of carbonyl (C=O) groups excluding carboxylic acids is 2. The monoisotopic (exact) mass is 345 g/mol. The van der Waals surface area contributed by atoms with Gasteiger partial charge in [-0.2, -0.15) is 0 Å². The van der Waals surface area contributed by atoms with Crippen molar-refractivity contribution in [3.8, 4) is 0 Å². The highest BCUT2D eigenvalue weighted by Crippen LogP contribution is 2.50. The quantitative estimate of drug-likeness (QED) is 0.577. The maximum absolute atomic E-state index is 12.8. The number of fused-ring (bicyclic) bond motifs is 1. The SMILES string of the molecule is Cc1ccc(N2C(=O)[C@@H]3[C@@H](C2=O)[C@H]2C=C[C@@H]3CC2)cc1Br. The highest BCUT2D eigenvalue weighted by Gasteiger charge is 2.56. The van der Waals surface area contributed by atoms with E-state index < -0.39 is 0 Å². The summed E-state index contributed by atoms with van der Waals surface area (Å²) in [4.78, 5) is 27.0. The Balaban J connectivity index is 1.76. The fourth-order valence-electron chi connectivity index (χ4n) is 4.05. The molecule has 1 heterocycles. The van der Waals surface area contributed by atoms with Crippen molar-refractivity contribution in [2.24, 2.45) is 23.7 Å². The molecule has 108 valence electrons. The highest BCUT2D eigenvalue weighted by atomic mass is 79.9. The van der Waals surface area contributed by atoms with E-state index in [9.17, 15) is 9.59 Å². The number of benzene rings is 1. The molecule has 0 spiro atoms. The molecule has 3 nitrogen and oxygen atoms in total. The van der Waals surface area contributed by atoms with Gasteiger partial charge in [0, 0.05) is 4.47 Å². The van der Waals surface area contributed by atoms with Gasteiger partial charge in [0.1, 0.15) is 0 Å². The molecule has 1 aromatic carbocycles. The first-order valence-electron chi connectivity index (χ1n) is 7.40. The summed E-state index contributed by atoms with van der Waals surface area (Å²) in [5.74, 6) is 0.188. The van der Waals surface area contributed by atoms with Crippen LogP contribution < -0.4 is 4.90 Å². The number of nitrogens with zero attached hydrogens (tertiary/aromatic N) is 1. The molecule has 1 aromatic rings. The van der Waals surface area contributed by atoms with Gasteiger partial charge in [0.15, 0.2) is 0 Å². The standard InChI is InChI=1S/C17H16BrNO2/c1-9-2-7-12(8-13(9)18)19-16(20)14-10-3-4-11(6-5-10)15(14)17(19)21/h2-4,7-8,10-11,14-15H,5-6H2,1H3/t10-,11+,14-,15-/m0/s1. The number of carbonyl (C=O) groups is 2. The minimum Gasteiger partial charge on any atom is -0.274 e. The number of halogens is 1. The number of imide groups is 1. The molecule has 1 aliphatic heterocycles. The predicted molar refractivity (Wildman–Crippen MR) is 83.7 cm³/mol. The third-order valence-electron chi connectivity index (χ3n) is 5.17. The first-order chi connectivity index (χ1) is 10.1. The first kappa shape index (κ1) is 13.3. The lowest BCUT2D eigenvalue weighted by Crippen LogP contribution is -2.38. The molecule has 0 aromatic heterocycles. The second kappa shape index (κ2) is 4.54. The van der Waals surface area contributed by atoms with Crippen LogP contribution in [0.1, 0.15) is 18.4 Å². The Morgan fingerprint density at radius 1 is 1.05 bits per heavy atom. The van der Waals surface area contributed by atoms with Crippen molar-refractivity contribution >= 4 is 33.4 Å². The van der Waals surface area contributed by atoms with Crippen LogP contribution in [0.4, 0.5) is 5.69 Å². The van der Waals surface area contributed by atoms with E-state index >= 15 is 0 Å². The number of aryl methyl sites for hydroxylation is 1. The van der Waals surface area contributed by atoms with Gasteiger partial charge in [0.05, 0.1) is 17.5 Å². The number of rotatable bonds is 1. The van der Waals surface area contributed by atoms with Gasteiger partial charge < -0.3 is 0 Å². The Labute approximate surface area is 132 Å². The number of amides is 2. The van der Waals surface area contributed by atoms with Crippen LogP contribution in [-0.4, -0.2) is 11.8 Å². The summed E-state index contributed by atoms with van der Waals surface area (Å²) in [7, 11) is 0. The summed E-state index contributed by atoms with van der Waals surface area (Å²) >= 11 is 3.48. The van der Waals surface area contributed by atoms with Crippen LogP contribution in [0.5, 0.6) is 0 Å². The molecule has 0 unspecified atom stereocenters. The van der Waals surface area contributed by atoms with Gasteiger partial charge in [-0.3, -0.25) is 9.59 Å². The molecular formula is C17H16BrNO2. The number of hydrogen-bond acceptors (Lipinski definition) is 2. The zero-order valence-electron chi connectivity index (χ0n) is 11.8. The zero-order chi connectivity index (χ0) is 14.7. The molecule has 2 bridgehead atoms. The van der Waals surface area contributed by atoms with E-state index in [-0.39, 0.29) is 35.5 Å². The van der Waals surface area contributed by atoms with Crippen LogP contribution in [0.25, 0.3) is 0 Å². The Bertz CT molecular complexity index is 649. The Kier molecular flexibility index (Phi) is 2.86. The summed E-state index contributed by atoms with van der Waals surface area (Å²) in [6.07, 6.45) is 6.36. The van der Waals surface area contributed by atoms with Crippen molar-refractivity contribution < 1.29 is 9.59 Å². The Morgan fingerprint density at radius 3 is 2.10 bits per heavy atom. The van der Waals surface area contributed by atoms with E-state index in [0.717, 1.165) is 22.9 Å². The fraction of sp³-hybridized carbons (Fsp3) is 0.412. The van der Waals surface area contributed by atoms with E-state index in [1.54, 1.807) is 0 Å². The Hall–Kier alpha value is -1.42. The van der Waals surface area contributed by atoms with Crippen molar-refractivity contribution in [2.75, 3.05) is 4.90 Å². The van der Waals surface area contributed by atoms with E-state index in [4.69, 9.17) is 0 Å². The predicted octanol–water partition coefficient (Wildman–Crippen LogP) is 3.46. The molecule has 3 aliphatic carbocycles. The van der Waals surface area contributed by atoms with E-state index in [1.807, 2.05) is 25.1 Å². The molecule has 21 heavy (non-hydrogen) atoms. The molecule has 5 rings (SSSR count). The van der Waals surface area contributed by atoms with E-state index in [1.165, 1.54) is 4.90 Å². The molecule has 4 atom stereocenters. The van der Waals surface area contributed by atoms with Crippen LogP contribution >= 0.6 is 15.9 Å². The van der Waals surface area contributed by atoms with Crippen LogP contribution in [0.3, 0.4) is 0 Å². The lowest BCUT2D eigenvalue weighted by molar-refractivity contribution is -0.124. The van der Waals surface area contributed by atoms with Gasteiger partial charge in [-0.25, -0.2) is 4.90 Å². The molecular weight excluding hydrogens is 330 g/mol. The minimum atomic E-state index is -0.138. The summed E-state index contributed by atoms with van der Waals surface area (Å²) in [6, 6.07) is 5.68. The molecule has 4 heteroatoms. The normalized spacial score (nSPS) is 33.7. The number of hydrogen-bond donors (Lipinski definition) is 0. The van der Waals surface area contributed by atoms with Crippen LogP contribution in [0.2, 0.25) is 0 Å². The van der Waals surface area contributed by atoms with Gasteiger partial charge in [-0.1, -0.05) is 34.1 Å². The number of anilines is 1. The van der Waals surface area contributed by atoms with Gasteiger partial charge in [-0.05, 0) is 49.3 Å². The van der Waals surface area contributed by atoms with Crippen LogP contribution in [0, 0.1) is 30.6 Å². The summed E-state index contributed by atoms with van der Waals surface area (Å²) in [5, 5.41) is 0. The van der Waals surface area contributed by atoms with Crippen molar-refractivity contribution in [2.45, 2.75) is 19.8 Å². The molecule has 4 aliphatic rings. The molecule has 2 fully saturated rings. The maximum atomic E-state index is 12.8. The fourth-order valence-corrected chi connectivity index (χ4v) is 4.42. The van der Waals surface area contributed by atoms with E-state index in [0.29, 0.717) is 5.69 Å². The smallest absolute Gasteiger partial charge is 0.238 e. The molecule has 1 saturated heterocycles. The molecule has 0 radical (unpaired) electrons. The lowest BCUT2D eigenvalue weighted by atomic mass is 9.63. The summed E-state index contributed by atoms with van der Waals surface area (Å²) in [5.41, 5.74) is 1.79. The third-order valence-corrected chi connectivity index (χ3v) is 6.03. The van der Waals surface area contributed by atoms with Crippen LogP contribution in [0.15, 0.2) is 34.8 Å². The lowest BCUT2D eigenvalue weighted by Gasteiger charge is -2.38. The van der Waals surface area contributed by atoms with Gasteiger partial charge >= 0.3 is 0 Å². The summed E-state index contributed by atoms with van der Waals surface area (Å²) in [6.45, 7) is 1.99. The second-order valence-corrected chi connectivity index (χ2v) is 7.14. The maximum Gasteiger partial charge on any atom is 0.238 e. The first-order valence-corrected chi connectivity index (χ1v) is 8.19. The molecule has 2 amide bonds.